The van der Waals surface area contributed by atoms with E-state index in [1.165, 1.54) is 64.2 Å². The second-order valence-electron chi connectivity index (χ2n) is 13.8. The average Bonchev–Trinajstić information content (AvgIpc) is 3.82. The molecule has 0 N–H and O–H groups in total. The van der Waals surface area contributed by atoms with Crippen LogP contribution in [0.2, 0.25) is 0 Å². The molecule has 2 fully saturated rings. The maximum absolute atomic E-state index is 6.60. The standard InChI is InChI=1S/C34H60N6O6/c1-7-9-11-13-15-17-19-39-21-27(35-37-39)23-41-31(29-25-43-33(3,4)45-29)32(30-26-44-34(5,6)46-30)42-24-28-22-40(38-36-28)20-18-16-14-12-10-8-2/h21-22,29-32H,7-20,23-26H2,1-6H3/t29-,30-,31-,32-/m1/s1. The lowest BCUT2D eigenvalue weighted by atomic mass is 10.0. The van der Waals surface area contributed by atoms with E-state index in [0.717, 1.165) is 37.3 Å². The van der Waals surface area contributed by atoms with E-state index in [2.05, 4.69) is 34.5 Å². The van der Waals surface area contributed by atoms with Gasteiger partial charge in [0.1, 0.15) is 35.8 Å². The summed E-state index contributed by atoms with van der Waals surface area (Å²) in [6, 6.07) is 0. The second kappa shape index (κ2) is 18.5. The fraction of sp³-hybridized carbons (Fsp3) is 0.882. The summed E-state index contributed by atoms with van der Waals surface area (Å²) >= 11 is 0. The van der Waals surface area contributed by atoms with E-state index in [1.807, 2.05) is 49.5 Å². The first-order chi connectivity index (χ1) is 22.2. The zero-order valence-electron chi connectivity index (χ0n) is 29.3. The predicted molar refractivity (Wildman–Crippen MR) is 174 cm³/mol. The number of unbranched alkanes of at least 4 members (excludes halogenated alkanes) is 10. The number of ether oxygens (including phenoxy) is 6. The maximum atomic E-state index is 6.60. The number of hydrogen-bond acceptors (Lipinski definition) is 10. The van der Waals surface area contributed by atoms with E-state index in [0.29, 0.717) is 13.2 Å². The largest absolute Gasteiger partial charge is 0.366 e. The van der Waals surface area contributed by atoms with Crippen LogP contribution in [0.1, 0.15) is 130 Å². The monoisotopic (exact) mass is 648 g/mol. The summed E-state index contributed by atoms with van der Waals surface area (Å²) in [4.78, 5) is 0. The molecule has 4 rings (SSSR count). The van der Waals surface area contributed by atoms with Crippen molar-refractivity contribution in [2.75, 3.05) is 13.2 Å². The van der Waals surface area contributed by atoms with Gasteiger partial charge in [0.25, 0.3) is 0 Å². The normalized spacial score (nSPS) is 22.0. The molecule has 46 heavy (non-hydrogen) atoms. The van der Waals surface area contributed by atoms with Crippen molar-refractivity contribution in [3.05, 3.63) is 23.8 Å². The molecular weight excluding hydrogens is 588 g/mol. The quantitative estimate of drug-likeness (QED) is 0.126. The van der Waals surface area contributed by atoms with Gasteiger partial charge in [-0.05, 0) is 40.5 Å². The molecule has 0 aromatic carbocycles. The van der Waals surface area contributed by atoms with Crippen molar-refractivity contribution in [2.24, 2.45) is 0 Å². The van der Waals surface area contributed by atoms with Crippen LogP contribution in [-0.2, 0) is 54.7 Å². The molecule has 0 radical (unpaired) electrons. The Morgan fingerprint density at radius 3 is 1.41 bits per heavy atom. The lowest BCUT2D eigenvalue weighted by molar-refractivity contribution is -0.208. The zero-order chi connectivity index (χ0) is 32.8. The molecule has 262 valence electrons. The molecule has 2 aliphatic rings. The Morgan fingerprint density at radius 2 is 1.04 bits per heavy atom. The van der Waals surface area contributed by atoms with E-state index < -0.39 is 23.8 Å². The molecule has 0 spiro atoms. The molecule has 0 bridgehead atoms. The highest BCUT2D eigenvalue weighted by Gasteiger charge is 2.48. The predicted octanol–water partition coefficient (Wildman–Crippen LogP) is 6.36. The van der Waals surface area contributed by atoms with Crippen molar-refractivity contribution in [1.29, 1.82) is 0 Å². The Morgan fingerprint density at radius 1 is 0.652 bits per heavy atom. The minimum atomic E-state index is -0.734. The Kier molecular flexibility index (Phi) is 14.9. The lowest BCUT2D eigenvalue weighted by Gasteiger charge is -2.34. The molecule has 4 heterocycles. The van der Waals surface area contributed by atoms with Gasteiger partial charge in [-0.2, -0.15) is 0 Å². The molecule has 12 nitrogen and oxygen atoms in total. The molecule has 0 saturated carbocycles. The van der Waals surface area contributed by atoms with Crippen molar-refractivity contribution in [3.63, 3.8) is 0 Å². The third-order valence-corrected chi connectivity index (χ3v) is 8.62. The van der Waals surface area contributed by atoms with E-state index in [9.17, 15) is 0 Å². The van der Waals surface area contributed by atoms with Crippen LogP contribution in [0.15, 0.2) is 12.4 Å². The Labute approximate surface area is 276 Å². The summed E-state index contributed by atoms with van der Waals surface area (Å²) < 4.78 is 41.6. The van der Waals surface area contributed by atoms with Crippen molar-refractivity contribution < 1.29 is 28.4 Å². The van der Waals surface area contributed by atoms with Gasteiger partial charge in [-0.1, -0.05) is 88.5 Å². The number of hydrogen-bond donors (Lipinski definition) is 0. The summed E-state index contributed by atoms with van der Waals surface area (Å²) in [5.74, 6) is -1.47. The van der Waals surface area contributed by atoms with Gasteiger partial charge in [0, 0.05) is 13.1 Å². The van der Waals surface area contributed by atoms with Gasteiger partial charge in [-0.25, -0.2) is 0 Å². The van der Waals surface area contributed by atoms with Crippen LogP contribution in [-0.4, -0.2) is 79.2 Å². The summed E-state index contributed by atoms with van der Waals surface area (Å²) in [6.45, 7) is 15.1. The minimum Gasteiger partial charge on any atom is -0.366 e. The highest BCUT2D eigenvalue weighted by Crippen LogP contribution is 2.33. The summed E-state index contributed by atoms with van der Waals surface area (Å²) in [5, 5.41) is 17.5. The highest BCUT2D eigenvalue weighted by atomic mass is 16.8. The second-order valence-corrected chi connectivity index (χ2v) is 13.8. The van der Waals surface area contributed by atoms with Gasteiger partial charge in [0.15, 0.2) is 11.6 Å². The highest BCUT2D eigenvalue weighted by molar-refractivity contribution is 4.96. The van der Waals surface area contributed by atoms with E-state index in [4.69, 9.17) is 28.4 Å². The molecule has 0 unspecified atom stereocenters. The fourth-order valence-electron chi connectivity index (χ4n) is 6.08. The molecule has 2 saturated heterocycles. The topological polar surface area (TPSA) is 117 Å². The van der Waals surface area contributed by atoms with Gasteiger partial charge < -0.3 is 28.4 Å². The Balaban J connectivity index is 1.39. The molecule has 2 aromatic heterocycles. The van der Waals surface area contributed by atoms with Crippen molar-refractivity contribution in [1.82, 2.24) is 30.0 Å². The average molecular weight is 649 g/mol. The van der Waals surface area contributed by atoms with Gasteiger partial charge in [0.2, 0.25) is 0 Å². The van der Waals surface area contributed by atoms with Crippen LogP contribution in [0.25, 0.3) is 0 Å². The Hall–Kier alpha value is -1.96. The van der Waals surface area contributed by atoms with Crippen molar-refractivity contribution in [2.45, 2.75) is 181 Å². The smallest absolute Gasteiger partial charge is 0.163 e. The van der Waals surface area contributed by atoms with Gasteiger partial charge >= 0.3 is 0 Å². The first-order valence-electron chi connectivity index (χ1n) is 17.8. The van der Waals surface area contributed by atoms with Gasteiger partial charge in [0.05, 0.1) is 38.8 Å². The van der Waals surface area contributed by atoms with Crippen LogP contribution >= 0.6 is 0 Å². The lowest BCUT2D eigenvalue weighted by Crippen LogP contribution is -2.50. The first-order valence-corrected chi connectivity index (χ1v) is 17.8. The third kappa shape index (κ3) is 12.2. The summed E-state index contributed by atoms with van der Waals surface area (Å²) in [6.07, 6.45) is 17.0. The van der Waals surface area contributed by atoms with Crippen LogP contribution < -0.4 is 0 Å². The van der Waals surface area contributed by atoms with E-state index in [-0.39, 0.29) is 25.4 Å². The van der Waals surface area contributed by atoms with Crippen molar-refractivity contribution in [3.8, 4) is 0 Å². The van der Waals surface area contributed by atoms with E-state index >= 15 is 0 Å². The molecular formula is C34H60N6O6. The van der Waals surface area contributed by atoms with Crippen LogP contribution in [0.4, 0.5) is 0 Å². The third-order valence-electron chi connectivity index (χ3n) is 8.62. The molecule has 2 aliphatic heterocycles. The van der Waals surface area contributed by atoms with Crippen LogP contribution in [0.5, 0.6) is 0 Å². The fourth-order valence-corrected chi connectivity index (χ4v) is 6.08. The van der Waals surface area contributed by atoms with Crippen LogP contribution in [0.3, 0.4) is 0 Å². The minimum absolute atomic E-state index is 0.257. The SMILES string of the molecule is CCCCCCCCn1cc(CO[C@@H]([C@H](OCc2cn(CCCCCCCC)nn2)[C@H]2COC(C)(C)O2)[C@H]2COC(C)(C)O2)nn1. The number of rotatable bonds is 23. The molecule has 2 aromatic rings. The van der Waals surface area contributed by atoms with Crippen LogP contribution in [0, 0.1) is 0 Å². The zero-order valence-corrected chi connectivity index (χ0v) is 29.3. The van der Waals surface area contributed by atoms with Gasteiger partial charge in [-0.15, -0.1) is 10.2 Å². The van der Waals surface area contributed by atoms with Crippen molar-refractivity contribution >= 4 is 0 Å². The summed E-state index contributed by atoms with van der Waals surface area (Å²) in [7, 11) is 0. The Bertz CT molecular complexity index is 1040. The molecule has 12 heteroatoms. The maximum Gasteiger partial charge on any atom is 0.163 e. The van der Waals surface area contributed by atoms with Gasteiger partial charge in [-0.3, -0.25) is 9.36 Å². The number of aryl methyl sites for hydroxylation is 2. The van der Waals surface area contributed by atoms with E-state index in [1.54, 1.807) is 0 Å². The first kappa shape index (κ1) is 36.9. The molecule has 0 amide bonds. The summed E-state index contributed by atoms with van der Waals surface area (Å²) in [5.41, 5.74) is 1.52. The number of aromatic nitrogens is 6. The molecule has 4 atom stereocenters. The number of nitrogens with zero attached hydrogens (tertiary/aromatic N) is 6. The molecule has 0 aliphatic carbocycles.